The maximum atomic E-state index is 14.5. The van der Waals surface area contributed by atoms with Crippen LogP contribution >= 0.6 is 0 Å². The van der Waals surface area contributed by atoms with Crippen LogP contribution in [-0.2, 0) is 72.0 Å². The van der Waals surface area contributed by atoms with Crippen LogP contribution in [0.3, 0.4) is 0 Å². The molecule has 3 aromatic rings. The molecule has 0 bridgehead atoms. The first kappa shape index (κ1) is 71.0. The average Bonchev–Trinajstić information content (AvgIpc) is 4.08. The number of rotatable bonds is 34. The number of carboxylic acids is 1. The van der Waals surface area contributed by atoms with Crippen molar-refractivity contribution in [2.45, 2.75) is 147 Å². The largest absolute Gasteiger partial charge is 0.494 e. The molecule has 1 heterocycles. The number of hydrogen-bond acceptors (Lipinski definition) is 14. The van der Waals surface area contributed by atoms with E-state index in [0.717, 1.165) is 6.92 Å². The van der Waals surface area contributed by atoms with Crippen LogP contribution in [0.5, 0.6) is 5.75 Å². The van der Waals surface area contributed by atoms with E-state index in [2.05, 4.69) is 36.9 Å². The fourth-order valence-corrected chi connectivity index (χ4v) is 8.78. The third-order valence-electron chi connectivity index (χ3n) is 12.8. The lowest BCUT2D eigenvalue weighted by atomic mass is 10.0. The van der Waals surface area contributed by atoms with Crippen LogP contribution < -0.4 is 71.0 Å². The zero-order valence-corrected chi connectivity index (χ0v) is 46.8. The topological polar surface area (TPSA) is 461 Å². The fraction of sp³-hybridized carbons (Fsp3) is 0.474. The minimum Gasteiger partial charge on any atom is -0.494 e. The molecule has 3 aromatic carbocycles. The number of likely N-dealkylation sites (tertiary alicyclic amines) is 1. The number of guanidine groups is 1. The maximum absolute atomic E-state index is 14.5. The van der Waals surface area contributed by atoms with Gasteiger partial charge in [-0.1, -0.05) is 80.2 Å². The predicted octanol–water partition coefficient (Wildman–Crippen LogP) is -1.45. The second-order valence-corrected chi connectivity index (χ2v) is 19.6. The number of unbranched alkanes of at least 4 members (excludes halogenated alkanes) is 1. The van der Waals surface area contributed by atoms with Crippen LogP contribution in [0.1, 0.15) is 102 Å². The van der Waals surface area contributed by atoms with Gasteiger partial charge in [-0.3, -0.25) is 57.7 Å². The van der Waals surface area contributed by atoms with Crippen molar-refractivity contribution in [2.75, 3.05) is 26.2 Å². The number of ether oxygens (including phenoxy) is 1. The highest BCUT2D eigenvalue weighted by atomic mass is 16.5. The molecule has 1 aliphatic rings. The van der Waals surface area contributed by atoms with Gasteiger partial charge in [-0.05, 0) is 93.7 Å². The van der Waals surface area contributed by atoms with Gasteiger partial charge in [0.1, 0.15) is 48.0 Å². The Morgan fingerprint density at radius 3 is 1.68 bits per heavy atom. The summed E-state index contributed by atoms with van der Waals surface area (Å²) < 4.78 is 5.57. The van der Waals surface area contributed by atoms with Gasteiger partial charge in [-0.15, -0.1) is 0 Å². The molecule has 460 valence electrons. The van der Waals surface area contributed by atoms with Crippen LogP contribution in [-0.4, -0.2) is 150 Å². The minimum atomic E-state index is -1.75. The SMILES string of the molecule is C.CC(=O)O.CCOc1ccc(C[C@@H](NC(=O)Cc2ccccc2)C(=O)N[C@@H](Cc2ccccc2)C(=O)N[C@@H](CCC(N)=O)C(=O)N[C@@H](CC(N)=O)C(=O)N[C@@H](CCCCN)C(=O)N2CCC[C@H]2C(=O)N[C@@H](CCCN=C(N)N)C(N)=O)cc1. The number of aliphatic carboxylic acids is 1. The van der Waals surface area contributed by atoms with E-state index in [9.17, 15) is 47.9 Å². The Morgan fingerprint density at radius 1 is 0.619 bits per heavy atom. The molecule has 7 atom stereocenters. The van der Waals surface area contributed by atoms with Crippen molar-refractivity contribution in [2.24, 2.45) is 39.4 Å². The third-order valence-corrected chi connectivity index (χ3v) is 12.8. The molecule has 19 N–H and O–H groups in total. The van der Waals surface area contributed by atoms with Gasteiger partial charge in [-0.2, -0.15) is 0 Å². The summed E-state index contributed by atoms with van der Waals surface area (Å²) in [6, 6.07) is 14.9. The molecule has 0 spiro atoms. The summed E-state index contributed by atoms with van der Waals surface area (Å²) in [4.78, 5) is 150. The smallest absolute Gasteiger partial charge is 0.300 e. The van der Waals surface area contributed by atoms with Crippen molar-refractivity contribution in [1.82, 2.24) is 36.8 Å². The quantitative estimate of drug-likeness (QED) is 0.0185. The van der Waals surface area contributed by atoms with Gasteiger partial charge < -0.3 is 81.0 Å². The zero-order valence-electron chi connectivity index (χ0n) is 46.8. The van der Waals surface area contributed by atoms with Gasteiger partial charge in [0, 0.05) is 39.3 Å². The Labute approximate surface area is 488 Å². The fourth-order valence-electron chi connectivity index (χ4n) is 8.78. The first-order valence-electron chi connectivity index (χ1n) is 27.2. The van der Waals surface area contributed by atoms with Crippen molar-refractivity contribution >= 4 is 71.0 Å². The lowest BCUT2D eigenvalue weighted by molar-refractivity contribution is -0.142. The summed E-state index contributed by atoms with van der Waals surface area (Å²) in [6.07, 6.45) is -0.0317. The molecular weight excluding hydrogens is 1090 g/mol. The third kappa shape index (κ3) is 26.6. The number of nitrogens with zero attached hydrogens (tertiary/aromatic N) is 2. The average molecular weight is 1170 g/mol. The van der Waals surface area contributed by atoms with Gasteiger partial charge in [0.05, 0.1) is 19.4 Å². The van der Waals surface area contributed by atoms with Crippen LogP contribution in [0.25, 0.3) is 0 Å². The number of nitrogens with two attached hydrogens (primary N) is 6. The number of benzene rings is 3. The second kappa shape index (κ2) is 37.8. The van der Waals surface area contributed by atoms with E-state index in [4.69, 9.17) is 49.0 Å². The summed E-state index contributed by atoms with van der Waals surface area (Å²) in [5.74, 6) is -8.65. The summed E-state index contributed by atoms with van der Waals surface area (Å²) in [5, 5.41) is 23.2. The molecule has 0 saturated carbocycles. The van der Waals surface area contributed by atoms with Gasteiger partial charge in [0.2, 0.25) is 59.1 Å². The molecule has 84 heavy (non-hydrogen) atoms. The molecule has 0 radical (unpaired) electrons. The van der Waals surface area contributed by atoms with Gasteiger partial charge >= 0.3 is 0 Å². The number of amides is 10. The summed E-state index contributed by atoms with van der Waals surface area (Å²) in [6.45, 7) is 3.86. The first-order chi connectivity index (χ1) is 39.5. The molecule has 4 rings (SSSR count). The Hall–Kier alpha value is -9.14. The van der Waals surface area contributed by atoms with E-state index in [1.807, 2.05) is 6.92 Å². The van der Waals surface area contributed by atoms with E-state index in [0.29, 0.717) is 54.7 Å². The number of primary amides is 3. The maximum Gasteiger partial charge on any atom is 0.300 e. The van der Waals surface area contributed by atoms with Crippen LogP contribution in [0.2, 0.25) is 0 Å². The summed E-state index contributed by atoms with van der Waals surface area (Å²) in [5.41, 5.74) is 35.1. The first-order valence-corrected chi connectivity index (χ1v) is 27.2. The predicted molar refractivity (Wildman–Crippen MR) is 312 cm³/mol. The number of carbonyl (C=O) groups is 11. The van der Waals surface area contributed by atoms with Crippen LogP contribution in [0.15, 0.2) is 89.9 Å². The zero-order chi connectivity index (χ0) is 61.4. The Balaban J connectivity index is 0.00000466. The summed E-state index contributed by atoms with van der Waals surface area (Å²) in [7, 11) is 0. The molecule has 0 unspecified atom stereocenters. The van der Waals surface area contributed by atoms with Crippen LogP contribution in [0.4, 0.5) is 0 Å². The molecule has 27 nitrogen and oxygen atoms in total. The molecule has 1 saturated heterocycles. The van der Waals surface area contributed by atoms with E-state index in [1.54, 1.807) is 84.9 Å². The van der Waals surface area contributed by atoms with Gasteiger partial charge in [0.25, 0.3) is 5.97 Å². The standard InChI is InChI=1S/C54H76N14O11.C2H4O2.CH4/c1-2-79-36-22-20-35(21-23-36)30-40(62-46(71)31-34-15-7-4-8-16-34)49(74)66-41(29-33-13-5-3-6-14-33)50(75)64-38(24-25-44(56)69)48(73)67-42(32-45(57)70)51(76)65-39(17-9-10-26-55)53(78)68-28-12-19-43(68)52(77)63-37(47(58)72)18-11-27-61-54(59)60;1-2(3)4;/h3-8,13-16,20-23,37-43H,2,9-12,17-19,24-32,55H2,1H3,(H2,56,69)(H2,57,70)(H2,58,72)(H,62,71)(H,63,77)(H,64,75)(H,65,76)(H,66,74)(H,67,73)(H4,59,60,61);1H3,(H,3,4);1H4/t37-,38-,39-,40+,41-,42-,43-;;/m0../s1. The molecular formula is C57H84N14O13. The second-order valence-electron chi connectivity index (χ2n) is 19.6. The van der Waals surface area contributed by atoms with Crippen molar-refractivity contribution in [1.29, 1.82) is 0 Å². The van der Waals surface area contributed by atoms with Gasteiger partial charge in [0.15, 0.2) is 5.96 Å². The lowest BCUT2D eigenvalue weighted by Crippen LogP contribution is -2.60. The normalized spacial score (nSPS) is 14.5. The monoisotopic (exact) mass is 1170 g/mol. The highest BCUT2D eigenvalue weighted by molar-refractivity contribution is 5.99. The molecule has 0 aliphatic carbocycles. The molecule has 10 amide bonds. The molecule has 1 fully saturated rings. The summed E-state index contributed by atoms with van der Waals surface area (Å²) >= 11 is 0. The number of hydrogen-bond donors (Lipinski definition) is 13. The number of carboxylic acid groups (broad SMARTS) is 1. The lowest BCUT2D eigenvalue weighted by Gasteiger charge is -2.31. The highest BCUT2D eigenvalue weighted by Gasteiger charge is 2.40. The van der Waals surface area contributed by atoms with Crippen LogP contribution in [0, 0.1) is 0 Å². The molecule has 27 heteroatoms. The number of nitrogens with one attached hydrogen (secondary N) is 6. The van der Waals surface area contributed by atoms with Gasteiger partial charge in [-0.25, -0.2) is 0 Å². The highest BCUT2D eigenvalue weighted by Crippen LogP contribution is 2.21. The Morgan fingerprint density at radius 2 is 1.13 bits per heavy atom. The Kier molecular flexibility index (Phi) is 31.9. The van der Waals surface area contributed by atoms with Crippen molar-refractivity contribution in [3.8, 4) is 5.75 Å². The van der Waals surface area contributed by atoms with Crippen molar-refractivity contribution < 1.29 is 62.6 Å². The van der Waals surface area contributed by atoms with E-state index in [-0.39, 0.29) is 71.5 Å². The van der Waals surface area contributed by atoms with E-state index in [1.165, 1.54) is 4.90 Å². The molecule has 1 aliphatic heterocycles. The number of aliphatic imine (C=N–C) groups is 1. The van der Waals surface area contributed by atoms with E-state index < -0.39 is 127 Å². The minimum absolute atomic E-state index is 0. The van der Waals surface area contributed by atoms with E-state index >= 15 is 0 Å². The Bertz CT molecular complexity index is 2670. The number of carbonyl (C=O) groups excluding carboxylic acids is 10. The van der Waals surface area contributed by atoms with Crippen molar-refractivity contribution in [3.63, 3.8) is 0 Å². The van der Waals surface area contributed by atoms with Crippen molar-refractivity contribution in [3.05, 3.63) is 102 Å². The molecule has 0 aromatic heterocycles.